The van der Waals surface area contributed by atoms with Crippen LogP contribution in [0.3, 0.4) is 0 Å². The Bertz CT molecular complexity index is 2330. The first kappa shape index (κ1) is 22.5. The van der Waals surface area contributed by atoms with Gasteiger partial charge in [0.25, 0.3) is 0 Å². The summed E-state index contributed by atoms with van der Waals surface area (Å²) in [4.78, 5) is 9.15. The van der Waals surface area contributed by atoms with Gasteiger partial charge in [-0.1, -0.05) is 72.8 Å². The van der Waals surface area contributed by atoms with Gasteiger partial charge in [0.2, 0.25) is 0 Å². The van der Waals surface area contributed by atoms with Crippen LogP contribution in [-0.2, 0) is 0 Å². The molecule has 192 valence electrons. The molecule has 0 amide bonds. The predicted molar refractivity (Wildman–Crippen MR) is 172 cm³/mol. The summed E-state index contributed by atoms with van der Waals surface area (Å²) in [6.07, 6.45) is 7.84. The lowest BCUT2D eigenvalue weighted by molar-refractivity contribution is 1.27. The third-order valence-electron chi connectivity index (χ3n) is 8.96. The molecule has 3 nitrogen and oxygen atoms in total. The average molecular weight is 524 g/mol. The van der Waals surface area contributed by atoms with Crippen molar-refractivity contribution in [3.8, 4) is 22.3 Å². The summed E-state index contributed by atoms with van der Waals surface area (Å²) in [7, 11) is 0. The van der Waals surface area contributed by atoms with Gasteiger partial charge >= 0.3 is 0 Å². The van der Waals surface area contributed by atoms with Crippen molar-refractivity contribution in [2.24, 2.45) is 0 Å². The molecule has 0 N–H and O–H groups in total. The van der Waals surface area contributed by atoms with Crippen LogP contribution in [0.15, 0.2) is 116 Å². The Morgan fingerprint density at radius 2 is 1.00 bits per heavy atom. The molecule has 3 heteroatoms. The number of aromatic nitrogens is 3. The molecule has 0 fully saturated rings. The van der Waals surface area contributed by atoms with Gasteiger partial charge in [0, 0.05) is 33.9 Å². The van der Waals surface area contributed by atoms with Gasteiger partial charge < -0.3 is 4.40 Å². The van der Waals surface area contributed by atoms with E-state index in [0.29, 0.717) is 0 Å². The van der Waals surface area contributed by atoms with Crippen LogP contribution in [0.25, 0.3) is 81.9 Å². The second kappa shape index (κ2) is 8.12. The van der Waals surface area contributed by atoms with E-state index >= 15 is 0 Å². The summed E-state index contributed by atoms with van der Waals surface area (Å²) >= 11 is 0. The molecule has 0 bridgehead atoms. The molecule has 9 aromatic rings. The predicted octanol–water partition coefficient (Wildman–Crippen LogP) is 9.88. The van der Waals surface area contributed by atoms with Crippen LogP contribution in [0, 0.1) is 13.8 Å². The highest BCUT2D eigenvalue weighted by Crippen LogP contribution is 2.50. The zero-order valence-corrected chi connectivity index (χ0v) is 22.8. The fourth-order valence-corrected chi connectivity index (χ4v) is 7.23. The van der Waals surface area contributed by atoms with E-state index < -0.39 is 0 Å². The van der Waals surface area contributed by atoms with Crippen molar-refractivity contribution in [1.29, 1.82) is 0 Å². The topological polar surface area (TPSA) is 30.2 Å². The van der Waals surface area contributed by atoms with E-state index in [0.717, 1.165) is 11.0 Å². The fraction of sp³-hybridized carbons (Fsp3) is 0.0526. The maximum absolute atomic E-state index is 4.58. The molecule has 9 rings (SSSR count). The highest BCUT2D eigenvalue weighted by atomic mass is 14.9. The number of rotatable bonds is 2. The van der Waals surface area contributed by atoms with Crippen LogP contribution < -0.4 is 0 Å². The Balaban J connectivity index is 1.61. The number of aryl methyl sites for hydroxylation is 2. The van der Waals surface area contributed by atoms with Gasteiger partial charge in [0.15, 0.2) is 0 Å². The molecule has 0 unspecified atom stereocenters. The molecule has 0 aliphatic carbocycles. The normalized spacial score (nSPS) is 12.1. The molecular formula is C38H25N3. The monoisotopic (exact) mass is 523 g/mol. The molecule has 0 saturated carbocycles. The van der Waals surface area contributed by atoms with Crippen molar-refractivity contribution < 1.29 is 0 Å². The molecule has 0 spiro atoms. The molecular weight excluding hydrogens is 498 g/mol. The van der Waals surface area contributed by atoms with Gasteiger partial charge in [-0.05, 0) is 87.0 Å². The maximum atomic E-state index is 4.58. The zero-order valence-electron chi connectivity index (χ0n) is 22.8. The van der Waals surface area contributed by atoms with Crippen molar-refractivity contribution in [3.63, 3.8) is 0 Å². The minimum atomic E-state index is 1.11. The van der Waals surface area contributed by atoms with Crippen molar-refractivity contribution >= 4 is 59.6 Å². The largest absolute Gasteiger partial charge is 0.305 e. The number of nitrogens with zero attached hydrogens (tertiary/aromatic N) is 3. The van der Waals surface area contributed by atoms with Crippen LogP contribution >= 0.6 is 0 Å². The van der Waals surface area contributed by atoms with Gasteiger partial charge in [0.1, 0.15) is 0 Å². The Morgan fingerprint density at radius 1 is 0.512 bits per heavy atom. The number of hydrogen-bond donors (Lipinski definition) is 0. The molecule has 4 aromatic heterocycles. The lowest BCUT2D eigenvalue weighted by Gasteiger charge is -2.18. The molecule has 0 aliphatic rings. The Morgan fingerprint density at radius 3 is 1.51 bits per heavy atom. The van der Waals surface area contributed by atoms with E-state index in [-0.39, 0.29) is 0 Å². The van der Waals surface area contributed by atoms with E-state index in [2.05, 4.69) is 119 Å². The smallest absolute Gasteiger partial charge is 0.0725 e. The molecule has 0 aliphatic heterocycles. The Labute approximate surface area is 236 Å². The first-order chi connectivity index (χ1) is 20.2. The van der Waals surface area contributed by atoms with Crippen molar-refractivity contribution in [3.05, 3.63) is 127 Å². The number of pyridine rings is 2. The van der Waals surface area contributed by atoms with Crippen molar-refractivity contribution in [2.45, 2.75) is 13.8 Å². The molecule has 5 aromatic carbocycles. The third kappa shape index (κ3) is 2.93. The number of fused-ring (bicyclic) bond motifs is 8. The van der Waals surface area contributed by atoms with Crippen LogP contribution in [0.1, 0.15) is 11.1 Å². The van der Waals surface area contributed by atoms with Crippen LogP contribution in [-0.4, -0.2) is 14.4 Å². The lowest BCUT2D eigenvalue weighted by Crippen LogP contribution is -1.92. The minimum absolute atomic E-state index is 1.11. The first-order valence-corrected chi connectivity index (χ1v) is 14.1. The Kier molecular flexibility index (Phi) is 4.46. The summed E-state index contributed by atoms with van der Waals surface area (Å²) in [5.74, 6) is 0. The standard InChI is InChI=1S/C38H25N3/c1-22-11-13-24-7-3-5-9-26(24)34(22)30-19-31(35-23(2)12-14-25-8-4-6-10-27(25)35)37-29-16-18-40-21-33(29)41-32-20-39-17-15-28(32)36(30)38(37)41/h3-21H,1-2H3. The van der Waals surface area contributed by atoms with Gasteiger partial charge in [-0.25, -0.2) is 0 Å². The highest BCUT2D eigenvalue weighted by Gasteiger charge is 2.26. The zero-order chi connectivity index (χ0) is 27.2. The second-order valence-electron chi connectivity index (χ2n) is 11.1. The van der Waals surface area contributed by atoms with Crippen molar-refractivity contribution in [1.82, 2.24) is 14.4 Å². The average Bonchev–Trinajstić information content (AvgIpc) is 3.53. The lowest BCUT2D eigenvalue weighted by atomic mass is 9.85. The van der Waals surface area contributed by atoms with Gasteiger partial charge in [-0.3, -0.25) is 9.97 Å². The van der Waals surface area contributed by atoms with E-state index in [9.17, 15) is 0 Å². The van der Waals surface area contributed by atoms with Gasteiger partial charge in [0.05, 0.1) is 28.9 Å². The van der Waals surface area contributed by atoms with Gasteiger partial charge in [-0.2, -0.15) is 0 Å². The summed E-state index contributed by atoms with van der Waals surface area (Å²) in [5.41, 5.74) is 11.1. The summed E-state index contributed by atoms with van der Waals surface area (Å²) in [5, 5.41) is 10.0. The number of benzene rings is 5. The highest BCUT2D eigenvalue weighted by molar-refractivity contribution is 6.32. The molecule has 0 saturated heterocycles. The van der Waals surface area contributed by atoms with Crippen LogP contribution in [0.4, 0.5) is 0 Å². The number of hydrogen-bond acceptors (Lipinski definition) is 2. The van der Waals surface area contributed by atoms with Crippen LogP contribution in [0.2, 0.25) is 0 Å². The van der Waals surface area contributed by atoms with E-state index in [1.807, 2.05) is 24.8 Å². The quantitative estimate of drug-likeness (QED) is 0.226. The SMILES string of the molecule is Cc1ccc2ccccc2c1-c1cc(-c2c(C)ccc3ccccc23)c2c3ccncc3n3c4cnccc4c1c23. The molecule has 41 heavy (non-hydrogen) atoms. The summed E-state index contributed by atoms with van der Waals surface area (Å²) in [6, 6.07) is 33.3. The summed E-state index contributed by atoms with van der Waals surface area (Å²) < 4.78 is 2.39. The van der Waals surface area contributed by atoms with E-state index in [1.54, 1.807) is 0 Å². The van der Waals surface area contributed by atoms with Crippen LogP contribution in [0.5, 0.6) is 0 Å². The molecule has 4 heterocycles. The maximum Gasteiger partial charge on any atom is 0.0725 e. The van der Waals surface area contributed by atoms with Gasteiger partial charge in [-0.15, -0.1) is 0 Å². The third-order valence-corrected chi connectivity index (χ3v) is 8.96. The second-order valence-corrected chi connectivity index (χ2v) is 11.1. The van der Waals surface area contributed by atoms with E-state index in [4.69, 9.17) is 0 Å². The van der Waals surface area contributed by atoms with Crippen molar-refractivity contribution in [2.75, 3.05) is 0 Å². The fourth-order valence-electron chi connectivity index (χ4n) is 7.23. The molecule has 0 radical (unpaired) electrons. The summed E-state index contributed by atoms with van der Waals surface area (Å²) in [6.45, 7) is 4.48. The Hall–Kier alpha value is -5.28. The van der Waals surface area contributed by atoms with E-state index in [1.165, 1.54) is 82.0 Å². The minimum Gasteiger partial charge on any atom is -0.305 e. The first-order valence-electron chi connectivity index (χ1n) is 14.1. The molecule has 0 atom stereocenters.